The van der Waals surface area contributed by atoms with Crippen molar-refractivity contribution in [2.45, 2.75) is 12.7 Å². The Morgan fingerprint density at radius 3 is 2.69 bits per heavy atom. The maximum Gasteiger partial charge on any atom is 0.422 e. The summed E-state index contributed by atoms with van der Waals surface area (Å²) in [6.07, 6.45) is -5.62. The molecule has 0 saturated heterocycles. The maximum absolute atomic E-state index is 11.7. The number of rotatable bonds is 3. The monoisotopic (exact) mass is 273 g/mol. The van der Waals surface area contributed by atoms with Crippen molar-refractivity contribution in [1.82, 2.24) is 5.32 Å². The van der Waals surface area contributed by atoms with Crippen molar-refractivity contribution < 1.29 is 22.7 Å². The molecule has 0 bridgehead atoms. The van der Waals surface area contributed by atoms with E-state index in [-0.39, 0.29) is 6.54 Å². The molecule has 0 saturated carbocycles. The largest absolute Gasteiger partial charge is 0.440 e. The Morgan fingerprint density at radius 2 is 2.19 bits per heavy atom. The van der Waals surface area contributed by atoms with Crippen LogP contribution in [0.4, 0.5) is 18.0 Å². The van der Waals surface area contributed by atoms with Gasteiger partial charge in [-0.3, -0.25) is 0 Å². The van der Waals surface area contributed by atoms with Gasteiger partial charge >= 0.3 is 12.3 Å². The number of alkyl halides is 3. The summed E-state index contributed by atoms with van der Waals surface area (Å²) in [5, 5.41) is 2.18. The number of alkyl carbamates (subject to hydrolysis) is 1. The molecule has 0 atom stereocenters. The van der Waals surface area contributed by atoms with Gasteiger partial charge in [0.15, 0.2) is 6.61 Å². The lowest BCUT2D eigenvalue weighted by Crippen LogP contribution is -2.28. The number of halogens is 4. The normalized spacial score (nSPS) is 11.2. The van der Waals surface area contributed by atoms with Crippen LogP contribution in [0.25, 0.3) is 0 Å². The third-order valence-electron chi connectivity index (χ3n) is 1.40. The molecule has 1 aromatic heterocycles. The molecule has 1 N–H and O–H groups in total. The first-order chi connectivity index (χ1) is 7.37. The first kappa shape index (κ1) is 13.1. The quantitative estimate of drug-likeness (QED) is 0.918. The number of ether oxygens (including phenoxy) is 1. The van der Waals surface area contributed by atoms with Gasteiger partial charge in [-0.2, -0.15) is 13.2 Å². The summed E-state index contributed by atoms with van der Waals surface area (Å²) >= 11 is 6.85. The van der Waals surface area contributed by atoms with Gasteiger partial charge in [-0.15, -0.1) is 11.3 Å². The molecule has 1 rings (SSSR count). The Balaban J connectivity index is 2.25. The van der Waals surface area contributed by atoms with E-state index >= 15 is 0 Å². The number of thiophene rings is 1. The predicted octanol–water partition coefficient (Wildman–Crippen LogP) is 3.19. The van der Waals surface area contributed by atoms with Crippen LogP contribution in [0.15, 0.2) is 12.1 Å². The van der Waals surface area contributed by atoms with Crippen LogP contribution in [-0.4, -0.2) is 18.9 Å². The Hall–Kier alpha value is -0.950. The zero-order valence-corrected chi connectivity index (χ0v) is 9.38. The van der Waals surface area contributed by atoms with Crippen LogP contribution < -0.4 is 5.32 Å². The molecule has 0 aliphatic carbocycles. The summed E-state index contributed by atoms with van der Waals surface area (Å²) in [7, 11) is 0. The fourth-order valence-corrected chi connectivity index (χ4v) is 1.83. The third kappa shape index (κ3) is 5.22. The number of carbonyl (C=O) groups excluding carboxylic acids is 1. The Kier molecular flexibility index (Phi) is 4.43. The molecular weight excluding hydrogens is 267 g/mol. The van der Waals surface area contributed by atoms with Gasteiger partial charge < -0.3 is 10.1 Å². The van der Waals surface area contributed by atoms with Crippen LogP contribution in [0.5, 0.6) is 0 Å². The summed E-state index contributed by atoms with van der Waals surface area (Å²) in [6.45, 7) is -1.50. The zero-order chi connectivity index (χ0) is 12.2. The highest BCUT2D eigenvalue weighted by atomic mass is 35.5. The molecule has 1 amide bonds. The lowest BCUT2D eigenvalue weighted by atomic mass is 10.5. The summed E-state index contributed by atoms with van der Waals surface area (Å²) in [6, 6.07) is 3.29. The molecule has 0 radical (unpaired) electrons. The van der Waals surface area contributed by atoms with Crippen molar-refractivity contribution in [3.05, 3.63) is 21.3 Å². The van der Waals surface area contributed by atoms with Crippen LogP contribution in [0.2, 0.25) is 4.34 Å². The Bertz CT molecular complexity index is 366. The molecule has 0 aromatic carbocycles. The van der Waals surface area contributed by atoms with Gasteiger partial charge in [0.05, 0.1) is 10.9 Å². The van der Waals surface area contributed by atoms with E-state index in [4.69, 9.17) is 11.6 Å². The second-order valence-electron chi connectivity index (χ2n) is 2.75. The minimum atomic E-state index is -4.51. The molecule has 3 nitrogen and oxygen atoms in total. The molecule has 16 heavy (non-hydrogen) atoms. The molecule has 8 heteroatoms. The standard InChI is InChI=1S/C8H7ClF3NO2S/c9-6-2-1-5(16-6)3-13-7(14)15-4-8(10,11)12/h1-2H,3-4H2,(H,13,14). The number of amides is 1. The van der Waals surface area contributed by atoms with Crippen LogP contribution in [0, 0.1) is 0 Å². The summed E-state index contributed by atoms with van der Waals surface area (Å²) in [5.74, 6) is 0. The molecule has 0 fully saturated rings. The van der Waals surface area contributed by atoms with Crippen LogP contribution in [0.1, 0.15) is 4.88 Å². The summed E-state index contributed by atoms with van der Waals surface area (Å²) in [5.41, 5.74) is 0. The topological polar surface area (TPSA) is 38.3 Å². The van der Waals surface area contributed by atoms with E-state index in [9.17, 15) is 18.0 Å². The number of hydrogen-bond donors (Lipinski definition) is 1. The van der Waals surface area contributed by atoms with Gasteiger partial charge in [-0.05, 0) is 12.1 Å². The second kappa shape index (κ2) is 5.40. The highest BCUT2D eigenvalue weighted by molar-refractivity contribution is 7.16. The van der Waals surface area contributed by atoms with E-state index in [2.05, 4.69) is 10.1 Å². The lowest BCUT2D eigenvalue weighted by molar-refractivity contribution is -0.160. The van der Waals surface area contributed by atoms with Crippen molar-refractivity contribution in [3.63, 3.8) is 0 Å². The van der Waals surface area contributed by atoms with Gasteiger partial charge in [-0.1, -0.05) is 11.6 Å². The third-order valence-corrected chi connectivity index (χ3v) is 2.63. The van der Waals surface area contributed by atoms with Crippen molar-refractivity contribution in [2.75, 3.05) is 6.61 Å². The van der Waals surface area contributed by atoms with E-state index in [1.165, 1.54) is 11.3 Å². The fraction of sp³-hybridized carbons (Fsp3) is 0.375. The van der Waals surface area contributed by atoms with Crippen molar-refractivity contribution in [3.8, 4) is 0 Å². The van der Waals surface area contributed by atoms with Gasteiger partial charge in [0.25, 0.3) is 0 Å². The van der Waals surface area contributed by atoms with E-state index in [0.29, 0.717) is 4.34 Å². The predicted molar refractivity (Wildman–Crippen MR) is 53.6 cm³/mol. The fourth-order valence-electron chi connectivity index (χ4n) is 0.804. The van der Waals surface area contributed by atoms with Crippen LogP contribution >= 0.6 is 22.9 Å². The van der Waals surface area contributed by atoms with Gasteiger partial charge in [0, 0.05) is 4.88 Å². The maximum atomic E-state index is 11.7. The lowest BCUT2D eigenvalue weighted by Gasteiger charge is -2.08. The minimum absolute atomic E-state index is 0.0913. The average molecular weight is 274 g/mol. The smallest absolute Gasteiger partial charge is 0.422 e. The number of nitrogens with one attached hydrogen (secondary N) is 1. The number of hydrogen-bond acceptors (Lipinski definition) is 3. The molecule has 1 heterocycles. The van der Waals surface area contributed by atoms with Gasteiger partial charge in [0.2, 0.25) is 0 Å². The van der Waals surface area contributed by atoms with Gasteiger partial charge in [-0.25, -0.2) is 4.79 Å². The molecule has 1 aromatic rings. The zero-order valence-electron chi connectivity index (χ0n) is 7.81. The molecule has 0 unspecified atom stereocenters. The molecular formula is C8H7ClF3NO2S. The van der Waals surface area contributed by atoms with E-state index in [1.807, 2.05) is 0 Å². The van der Waals surface area contributed by atoms with Crippen molar-refractivity contribution >= 4 is 29.0 Å². The first-order valence-electron chi connectivity index (χ1n) is 4.08. The molecule has 90 valence electrons. The van der Waals surface area contributed by atoms with Crippen LogP contribution in [0.3, 0.4) is 0 Å². The number of carbonyl (C=O) groups is 1. The molecule has 0 spiro atoms. The summed E-state index contributed by atoms with van der Waals surface area (Å²) in [4.78, 5) is 11.5. The van der Waals surface area contributed by atoms with Crippen molar-refractivity contribution in [2.24, 2.45) is 0 Å². The van der Waals surface area contributed by atoms with E-state index < -0.39 is 18.9 Å². The van der Waals surface area contributed by atoms with E-state index in [1.54, 1.807) is 12.1 Å². The molecule has 0 aliphatic heterocycles. The molecule has 0 aliphatic rings. The van der Waals surface area contributed by atoms with Gasteiger partial charge in [0.1, 0.15) is 0 Å². The average Bonchev–Trinajstić information content (AvgIpc) is 2.57. The SMILES string of the molecule is O=C(NCc1ccc(Cl)s1)OCC(F)(F)F. The minimum Gasteiger partial charge on any atom is -0.440 e. The van der Waals surface area contributed by atoms with E-state index in [0.717, 1.165) is 4.88 Å². The van der Waals surface area contributed by atoms with Crippen LogP contribution in [-0.2, 0) is 11.3 Å². The van der Waals surface area contributed by atoms with Crippen molar-refractivity contribution in [1.29, 1.82) is 0 Å². The second-order valence-corrected chi connectivity index (χ2v) is 4.55. The summed E-state index contributed by atoms with van der Waals surface area (Å²) < 4.78 is 39.5. The first-order valence-corrected chi connectivity index (χ1v) is 5.28. The highest BCUT2D eigenvalue weighted by Gasteiger charge is 2.29. The Labute approximate surface area is 98.2 Å². The Morgan fingerprint density at radius 1 is 1.50 bits per heavy atom. The highest BCUT2D eigenvalue weighted by Crippen LogP contribution is 2.21.